The summed E-state index contributed by atoms with van der Waals surface area (Å²) in [4.78, 5) is 11.8. The van der Waals surface area contributed by atoms with Crippen LogP contribution in [0.5, 0.6) is 0 Å². The summed E-state index contributed by atoms with van der Waals surface area (Å²) in [5.41, 5.74) is 0.490. The Balaban J connectivity index is 2.13. The Bertz CT molecular complexity index is 481. The van der Waals surface area contributed by atoms with E-state index in [2.05, 4.69) is 24.3 Å². The van der Waals surface area contributed by atoms with Crippen LogP contribution in [0.4, 0.5) is 5.82 Å². The van der Waals surface area contributed by atoms with Crippen LogP contribution in [0.25, 0.3) is 0 Å². The van der Waals surface area contributed by atoms with Gasteiger partial charge in [-0.3, -0.25) is 9.48 Å². The van der Waals surface area contributed by atoms with E-state index in [1.54, 1.807) is 7.05 Å². The van der Waals surface area contributed by atoms with E-state index < -0.39 is 0 Å². The van der Waals surface area contributed by atoms with Crippen molar-refractivity contribution in [3.8, 4) is 6.07 Å². The molecule has 1 aromatic heterocycles. The first kappa shape index (κ1) is 10.7. The van der Waals surface area contributed by atoms with Gasteiger partial charge in [-0.05, 0) is 11.8 Å². The van der Waals surface area contributed by atoms with E-state index in [1.807, 2.05) is 6.07 Å². The maximum atomic E-state index is 11.8. The molecule has 1 atom stereocenters. The van der Waals surface area contributed by atoms with E-state index in [0.29, 0.717) is 11.4 Å². The molecule has 0 radical (unpaired) electrons. The second kappa shape index (κ2) is 3.34. The molecule has 84 valence electrons. The summed E-state index contributed by atoms with van der Waals surface area (Å²) in [6, 6.07) is 2.00. The zero-order valence-corrected chi connectivity index (χ0v) is 9.61. The number of hydrogen-bond donors (Lipinski definition) is 1. The lowest BCUT2D eigenvalue weighted by atomic mass is 10.1. The number of nitrogens with zero attached hydrogens (tertiary/aromatic N) is 3. The molecular formula is C11H14N4O. The van der Waals surface area contributed by atoms with Crippen LogP contribution in [0.15, 0.2) is 6.20 Å². The predicted octanol–water partition coefficient (Wildman–Crippen LogP) is 1.28. The van der Waals surface area contributed by atoms with Gasteiger partial charge in [0.05, 0.1) is 6.20 Å². The van der Waals surface area contributed by atoms with Crippen molar-refractivity contribution in [2.75, 3.05) is 5.32 Å². The Kier molecular flexibility index (Phi) is 2.23. The Morgan fingerprint density at radius 2 is 2.38 bits per heavy atom. The number of aryl methyl sites for hydroxylation is 1. The fourth-order valence-corrected chi connectivity index (χ4v) is 1.79. The first-order chi connectivity index (χ1) is 7.45. The lowest BCUT2D eigenvalue weighted by Crippen LogP contribution is -2.19. The molecule has 1 amide bonds. The van der Waals surface area contributed by atoms with E-state index in [0.717, 1.165) is 6.42 Å². The summed E-state index contributed by atoms with van der Waals surface area (Å²) in [5, 5.41) is 15.5. The summed E-state index contributed by atoms with van der Waals surface area (Å²) < 4.78 is 1.51. The molecule has 0 aromatic carbocycles. The smallest absolute Gasteiger partial charge is 0.229 e. The number of nitriles is 1. The SMILES string of the molecule is Cn1ncc(C#N)c1NC(=O)C1CC1(C)C. The average Bonchev–Trinajstić information content (AvgIpc) is 2.72. The van der Waals surface area contributed by atoms with Crippen LogP contribution in [0, 0.1) is 22.7 Å². The number of carbonyl (C=O) groups is 1. The van der Waals surface area contributed by atoms with Crippen molar-refractivity contribution in [2.45, 2.75) is 20.3 Å². The Labute approximate surface area is 94.1 Å². The number of aromatic nitrogens is 2. The van der Waals surface area contributed by atoms with Crippen LogP contribution in [0.1, 0.15) is 25.8 Å². The number of anilines is 1. The van der Waals surface area contributed by atoms with Gasteiger partial charge in [0.25, 0.3) is 0 Å². The minimum Gasteiger partial charge on any atom is -0.310 e. The zero-order valence-electron chi connectivity index (χ0n) is 9.61. The quantitative estimate of drug-likeness (QED) is 0.812. The molecule has 1 aliphatic carbocycles. The molecule has 2 rings (SSSR count). The monoisotopic (exact) mass is 218 g/mol. The molecule has 1 heterocycles. The van der Waals surface area contributed by atoms with Crippen molar-refractivity contribution in [3.05, 3.63) is 11.8 Å². The van der Waals surface area contributed by atoms with Crippen LogP contribution < -0.4 is 5.32 Å². The summed E-state index contributed by atoms with van der Waals surface area (Å²) in [5.74, 6) is 0.509. The Hall–Kier alpha value is -1.83. The first-order valence-corrected chi connectivity index (χ1v) is 5.18. The summed E-state index contributed by atoms with van der Waals surface area (Å²) in [6.45, 7) is 4.12. The highest BCUT2D eigenvalue weighted by molar-refractivity contribution is 5.95. The molecule has 0 bridgehead atoms. The van der Waals surface area contributed by atoms with Gasteiger partial charge in [0.1, 0.15) is 17.5 Å². The van der Waals surface area contributed by atoms with E-state index >= 15 is 0 Å². The standard InChI is InChI=1S/C11H14N4O/c1-11(2)4-8(11)10(16)14-9-7(5-12)6-13-15(9)3/h6,8H,4H2,1-3H3,(H,14,16). The van der Waals surface area contributed by atoms with Crippen molar-refractivity contribution in [1.82, 2.24) is 9.78 Å². The lowest BCUT2D eigenvalue weighted by molar-refractivity contribution is -0.118. The Morgan fingerprint density at radius 3 is 2.88 bits per heavy atom. The third-order valence-electron chi connectivity index (χ3n) is 3.13. The lowest BCUT2D eigenvalue weighted by Gasteiger charge is -2.06. The number of rotatable bonds is 2. The van der Waals surface area contributed by atoms with Gasteiger partial charge >= 0.3 is 0 Å². The molecule has 0 spiro atoms. The highest BCUT2D eigenvalue weighted by Crippen LogP contribution is 2.52. The molecule has 1 unspecified atom stereocenters. The molecule has 1 aliphatic rings. The van der Waals surface area contributed by atoms with Crippen LogP contribution in [0.2, 0.25) is 0 Å². The topological polar surface area (TPSA) is 70.7 Å². The first-order valence-electron chi connectivity index (χ1n) is 5.18. The average molecular weight is 218 g/mol. The van der Waals surface area contributed by atoms with Crippen LogP contribution in [0.3, 0.4) is 0 Å². The van der Waals surface area contributed by atoms with E-state index in [1.165, 1.54) is 10.9 Å². The van der Waals surface area contributed by atoms with Gasteiger partial charge in [-0.25, -0.2) is 0 Å². The second-order valence-electron chi connectivity index (χ2n) is 4.88. The minimum absolute atomic E-state index is 0.0231. The number of hydrogen-bond acceptors (Lipinski definition) is 3. The number of carbonyl (C=O) groups excluding carboxylic acids is 1. The molecule has 1 fully saturated rings. The fraction of sp³-hybridized carbons (Fsp3) is 0.545. The minimum atomic E-state index is -0.0231. The third-order valence-corrected chi connectivity index (χ3v) is 3.13. The van der Waals surface area contributed by atoms with Crippen LogP contribution >= 0.6 is 0 Å². The molecule has 0 saturated heterocycles. The zero-order chi connectivity index (χ0) is 11.9. The molecule has 1 saturated carbocycles. The van der Waals surface area contributed by atoms with Crippen molar-refractivity contribution in [1.29, 1.82) is 5.26 Å². The third kappa shape index (κ3) is 1.67. The van der Waals surface area contributed by atoms with Gasteiger partial charge in [0.2, 0.25) is 5.91 Å². The van der Waals surface area contributed by atoms with E-state index in [-0.39, 0.29) is 17.2 Å². The van der Waals surface area contributed by atoms with Gasteiger partial charge < -0.3 is 5.32 Å². The summed E-state index contributed by atoms with van der Waals surface area (Å²) in [6.07, 6.45) is 2.35. The molecule has 5 nitrogen and oxygen atoms in total. The van der Waals surface area contributed by atoms with Gasteiger partial charge in [-0.2, -0.15) is 10.4 Å². The maximum absolute atomic E-state index is 11.8. The fourth-order valence-electron chi connectivity index (χ4n) is 1.79. The molecular weight excluding hydrogens is 204 g/mol. The molecule has 1 aromatic rings. The van der Waals surface area contributed by atoms with Gasteiger partial charge in [0.15, 0.2) is 0 Å². The molecule has 1 N–H and O–H groups in total. The van der Waals surface area contributed by atoms with E-state index in [9.17, 15) is 4.79 Å². The van der Waals surface area contributed by atoms with E-state index in [4.69, 9.17) is 5.26 Å². The van der Waals surface area contributed by atoms with Crippen LogP contribution in [-0.4, -0.2) is 15.7 Å². The number of amides is 1. The van der Waals surface area contributed by atoms with Crippen molar-refractivity contribution in [2.24, 2.45) is 18.4 Å². The van der Waals surface area contributed by atoms with Gasteiger partial charge in [0, 0.05) is 13.0 Å². The van der Waals surface area contributed by atoms with Gasteiger partial charge in [-0.15, -0.1) is 0 Å². The molecule has 0 aliphatic heterocycles. The number of nitrogens with one attached hydrogen (secondary N) is 1. The predicted molar refractivity (Wildman–Crippen MR) is 58.4 cm³/mol. The van der Waals surface area contributed by atoms with Crippen molar-refractivity contribution < 1.29 is 4.79 Å². The second-order valence-corrected chi connectivity index (χ2v) is 4.88. The van der Waals surface area contributed by atoms with Crippen molar-refractivity contribution >= 4 is 11.7 Å². The summed E-state index contributed by atoms with van der Waals surface area (Å²) >= 11 is 0. The van der Waals surface area contributed by atoms with Crippen molar-refractivity contribution in [3.63, 3.8) is 0 Å². The normalized spacial score (nSPS) is 21.2. The summed E-state index contributed by atoms with van der Waals surface area (Å²) in [7, 11) is 1.70. The highest BCUT2D eigenvalue weighted by Gasteiger charge is 2.50. The maximum Gasteiger partial charge on any atom is 0.229 e. The van der Waals surface area contributed by atoms with Crippen LogP contribution in [-0.2, 0) is 11.8 Å². The largest absolute Gasteiger partial charge is 0.310 e. The molecule has 16 heavy (non-hydrogen) atoms. The van der Waals surface area contributed by atoms with Gasteiger partial charge in [-0.1, -0.05) is 13.8 Å². The molecule has 5 heteroatoms. The Morgan fingerprint density at radius 1 is 1.75 bits per heavy atom. The highest BCUT2D eigenvalue weighted by atomic mass is 16.2.